The van der Waals surface area contributed by atoms with Gasteiger partial charge in [0.2, 0.25) is 5.28 Å². The Morgan fingerprint density at radius 1 is 1.05 bits per heavy atom. The van der Waals surface area contributed by atoms with Gasteiger partial charge in [-0.1, -0.05) is 13.8 Å². The number of hydrogen-bond donors (Lipinski definition) is 0. The summed E-state index contributed by atoms with van der Waals surface area (Å²) in [5.74, 6) is 1.33. The highest BCUT2D eigenvalue weighted by Gasteiger charge is 2.26. The highest BCUT2D eigenvalue weighted by molar-refractivity contribution is 6.28. The number of ether oxygens (including phenoxy) is 2. The van der Waals surface area contributed by atoms with Gasteiger partial charge in [0.15, 0.2) is 0 Å². The Hall–Kier alpha value is -1.10. The van der Waals surface area contributed by atoms with Crippen molar-refractivity contribution >= 4 is 11.6 Å². The molecule has 19 heavy (non-hydrogen) atoms. The van der Waals surface area contributed by atoms with E-state index in [1.54, 1.807) is 0 Å². The fourth-order valence-corrected chi connectivity index (χ4v) is 2.82. The maximum Gasteiger partial charge on any atom is 0.324 e. The summed E-state index contributed by atoms with van der Waals surface area (Å²) in [6, 6.07) is 0.476. The highest BCUT2D eigenvalue weighted by Crippen LogP contribution is 2.30. The van der Waals surface area contributed by atoms with Crippen LogP contribution in [-0.4, -0.2) is 27.7 Å². The van der Waals surface area contributed by atoms with Gasteiger partial charge in [0.25, 0.3) is 0 Å². The van der Waals surface area contributed by atoms with Crippen LogP contribution in [0.5, 0.6) is 12.0 Å². The van der Waals surface area contributed by atoms with E-state index in [-0.39, 0.29) is 23.4 Å². The first kappa shape index (κ1) is 14.3. The summed E-state index contributed by atoms with van der Waals surface area (Å²) >= 11 is 5.84. The summed E-state index contributed by atoms with van der Waals surface area (Å²) in [7, 11) is 0. The number of hydrogen-bond acceptors (Lipinski definition) is 5. The molecule has 1 aromatic rings. The monoisotopic (exact) mass is 285 g/mol. The number of nitrogens with zero attached hydrogens (tertiary/aromatic N) is 3. The molecule has 1 aliphatic carbocycles. The molecule has 1 heterocycles. The van der Waals surface area contributed by atoms with Crippen molar-refractivity contribution in [2.45, 2.75) is 46.1 Å². The van der Waals surface area contributed by atoms with E-state index in [1.807, 2.05) is 6.92 Å². The lowest BCUT2D eigenvalue weighted by Gasteiger charge is -2.30. The van der Waals surface area contributed by atoms with Crippen molar-refractivity contribution in [2.75, 3.05) is 6.61 Å². The highest BCUT2D eigenvalue weighted by atomic mass is 35.5. The van der Waals surface area contributed by atoms with Crippen LogP contribution in [0.15, 0.2) is 0 Å². The number of halogens is 1. The van der Waals surface area contributed by atoms with Crippen LogP contribution in [0.1, 0.15) is 40.0 Å². The third kappa shape index (κ3) is 4.20. The van der Waals surface area contributed by atoms with E-state index >= 15 is 0 Å². The molecule has 0 saturated heterocycles. The van der Waals surface area contributed by atoms with Crippen LogP contribution in [-0.2, 0) is 0 Å². The quantitative estimate of drug-likeness (QED) is 0.851. The van der Waals surface area contributed by atoms with Gasteiger partial charge >= 0.3 is 12.0 Å². The van der Waals surface area contributed by atoms with Gasteiger partial charge in [0.1, 0.15) is 6.10 Å². The van der Waals surface area contributed by atoms with Gasteiger partial charge in [-0.3, -0.25) is 0 Å². The van der Waals surface area contributed by atoms with E-state index in [2.05, 4.69) is 28.8 Å². The van der Waals surface area contributed by atoms with E-state index < -0.39 is 0 Å². The van der Waals surface area contributed by atoms with Crippen LogP contribution < -0.4 is 9.47 Å². The smallest absolute Gasteiger partial charge is 0.324 e. The molecule has 0 aliphatic heterocycles. The fourth-order valence-electron chi connectivity index (χ4n) is 2.68. The van der Waals surface area contributed by atoms with Crippen LogP contribution in [0.25, 0.3) is 0 Å². The van der Waals surface area contributed by atoms with Gasteiger partial charge in [-0.15, -0.1) is 4.98 Å². The lowest BCUT2D eigenvalue weighted by molar-refractivity contribution is 0.0906. The average molecular weight is 286 g/mol. The van der Waals surface area contributed by atoms with Gasteiger partial charge < -0.3 is 9.47 Å². The van der Waals surface area contributed by atoms with Crippen molar-refractivity contribution in [3.05, 3.63) is 5.28 Å². The van der Waals surface area contributed by atoms with Crippen molar-refractivity contribution in [2.24, 2.45) is 11.8 Å². The zero-order valence-electron chi connectivity index (χ0n) is 11.6. The van der Waals surface area contributed by atoms with E-state index in [1.165, 1.54) is 6.42 Å². The molecule has 0 amide bonds. The molecule has 106 valence electrons. The topological polar surface area (TPSA) is 57.1 Å². The Labute approximate surface area is 118 Å². The number of aromatic nitrogens is 3. The first-order chi connectivity index (χ1) is 9.06. The molecule has 2 unspecified atom stereocenters. The minimum atomic E-state index is 0.102. The van der Waals surface area contributed by atoms with Crippen LogP contribution in [0, 0.1) is 11.8 Å². The van der Waals surface area contributed by atoms with Gasteiger partial charge in [0.05, 0.1) is 6.61 Å². The molecule has 0 bridgehead atoms. The number of rotatable bonds is 4. The third-order valence-corrected chi connectivity index (χ3v) is 3.42. The molecule has 1 fully saturated rings. The van der Waals surface area contributed by atoms with E-state index in [0.29, 0.717) is 18.4 Å². The van der Waals surface area contributed by atoms with Crippen molar-refractivity contribution in [1.29, 1.82) is 0 Å². The molecule has 5 nitrogen and oxygen atoms in total. The maximum absolute atomic E-state index is 5.84. The summed E-state index contributed by atoms with van der Waals surface area (Å²) in [6.07, 6.45) is 3.45. The SMILES string of the molecule is CCOc1nc(Cl)nc(OC2CC(C)CC(C)C2)n1. The van der Waals surface area contributed by atoms with Crippen molar-refractivity contribution < 1.29 is 9.47 Å². The average Bonchev–Trinajstić information content (AvgIpc) is 2.26. The molecule has 0 N–H and O–H groups in total. The maximum atomic E-state index is 5.84. The Morgan fingerprint density at radius 3 is 2.32 bits per heavy atom. The zero-order chi connectivity index (χ0) is 13.8. The molecule has 1 aromatic heterocycles. The molecule has 2 atom stereocenters. The van der Waals surface area contributed by atoms with E-state index in [9.17, 15) is 0 Å². The molecule has 6 heteroatoms. The van der Waals surface area contributed by atoms with Crippen molar-refractivity contribution in [3.63, 3.8) is 0 Å². The second kappa shape index (κ2) is 6.37. The second-order valence-corrected chi connectivity index (χ2v) is 5.60. The van der Waals surface area contributed by atoms with Crippen molar-refractivity contribution in [3.8, 4) is 12.0 Å². The lowest BCUT2D eigenvalue weighted by atomic mass is 9.82. The molecular formula is C13H20ClN3O2. The molecule has 0 radical (unpaired) electrons. The predicted molar refractivity (Wildman–Crippen MR) is 72.6 cm³/mol. The lowest BCUT2D eigenvalue weighted by Crippen LogP contribution is -2.29. The first-order valence-corrected chi connectivity index (χ1v) is 7.15. The van der Waals surface area contributed by atoms with Crippen LogP contribution in [0.2, 0.25) is 5.28 Å². The molecular weight excluding hydrogens is 266 g/mol. The molecule has 1 aliphatic rings. The third-order valence-electron chi connectivity index (χ3n) is 3.25. The predicted octanol–water partition coefficient (Wildman–Crippen LogP) is 3.13. The molecule has 0 aromatic carbocycles. The van der Waals surface area contributed by atoms with Crippen molar-refractivity contribution in [1.82, 2.24) is 15.0 Å². The standard InChI is InChI=1S/C13H20ClN3O2/c1-4-18-12-15-11(14)16-13(17-12)19-10-6-8(2)5-9(3)7-10/h8-10H,4-7H2,1-3H3. The largest absolute Gasteiger partial charge is 0.464 e. The summed E-state index contributed by atoms with van der Waals surface area (Å²) in [6.45, 7) is 6.84. The zero-order valence-corrected chi connectivity index (χ0v) is 12.4. The van der Waals surface area contributed by atoms with Gasteiger partial charge in [-0.05, 0) is 49.6 Å². The van der Waals surface area contributed by atoms with Crippen LogP contribution in [0.3, 0.4) is 0 Å². The molecule has 0 spiro atoms. The summed E-state index contributed by atoms with van der Waals surface area (Å²) < 4.78 is 11.1. The Bertz CT molecular complexity index is 420. The summed E-state index contributed by atoms with van der Waals surface area (Å²) in [5, 5.41) is 0.102. The normalized spacial score (nSPS) is 27.1. The van der Waals surface area contributed by atoms with Crippen LogP contribution in [0.4, 0.5) is 0 Å². The fraction of sp³-hybridized carbons (Fsp3) is 0.769. The van der Waals surface area contributed by atoms with Crippen LogP contribution >= 0.6 is 11.6 Å². The first-order valence-electron chi connectivity index (χ1n) is 6.77. The second-order valence-electron chi connectivity index (χ2n) is 5.26. The summed E-state index contributed by atoms with van der Waals surface area (Å²) in [5.41, 5.74) is 0. The van der Waals surface area contributed by atoms with E-state index in [0.717, 1.165) is 12.8 Å². The minimum Gasteiger partial charge on any atom is -0.464 e. The Kier molecular flexibility index (Phi) is 4.80. The molecule has 1 saturated carbocycles. The Morgan fingerprint density at radius 2 is 1.68 bits per heavy atom. The Balaban J connectivity index is 2.05. The van der Waals surface area contributed by atoms with Gasteiger partial charge in [0, 0.05) is 0 Å². The minimum absolute atomic E-state index is 0.102. The van der Waals surface area contributed by atoms with Gasteiger partial charge in [-0.25, -0.2) is 0 Å². The van der Waals surface area contributed by atoms with Gasteiger partial charge in [-0.2, -0.15) is 9.97 Å². The van der Waals surface area contributed by atoms with E-state index in [4.69, 9.17) is 21.1 Å². The molecule has 2 rings (SSSR count). The summed E-state index contributed by atoms with van der Waals surface area (Å²) in [4.78, 5) is 12.0.